The van der Waals surface area contributed by atoms with E-state index in [1.165, 1.54) is 12.1 Å². The molecule has 0 bridgehead atoms. The Balaban J connectivity index is 2.26. The maximum Gasteiger partial charge on any atom is 0.348 e. The van der Waals surface area contributed by atoms with E-state index in [4.69, 9.17) is 26.8 Å². The van der Waals surface area contributed by atoms with Crippen molar-refractivity contribution in [2.45, 2.75) is 20.8 Å². The minimum Gasteiger partial charge on any atom is -0.478 e. The van der Waals surface area contributed by atoms with Gasteiger partial charge in [-0.3, -0.25) is 0 Å². The zero-order valence-electron chi connectivity index (χ0n) is 16.0. The minimum absolute atomic E-state index is 0.145. The van der Waals surface area contributed by atoms with Crippen LogP contribution in [-0.4, -0.2) is 41.3 Å². The number of rotatable bonds is 7. The summed E-state index contributed by atoms with van der Waals surface area (Å²) in [6, 6.07) is 6.00. The Labute approximate surface area is 176 Å². The molecule has 0 fully saturated rings. The molecule has 1 heterocycles. The second kappa shape index (κ2) is 9.99. The summed E-state index contributed by atoms with van der Waals surface area (Å²) in [4.78, 5) is 35.8. The molecule has 0 amide bonds. The van der Waals surface area contributed by atoms with Gasteiger partial charge in [0.25, 0.3) is 0 Å². The molecule has 0 aliphatic rings. The quantitative estimate of drug-likeness (QED) is 0.439. The van der Waals surface area contributed by atoms with Crippen LogP contribution >= 0.6 is 23.6 Å². The molecule has 0 saturated carbocycles. The maximum atomic E-state index is 12.4. The van der Waals surface area contributed by atoms with Crippen LogP contribution < -0.4 is 10.6 Å². The molecule has 154 valence electrons. The van der Waals surface area contributed by atoms with Gasteiger partial charge < -0.3 is 25.2 Å². The summed E-state index contributed by atoms with van der Waals surface area (Å²) in [5.41, 5.74) is 1.37. The lowest BCUT2D eigenvalue weighted by Gasteiger charge is -2.11. The molecule has 0 aliphatic carbocycles. The summed E-state index contributed by atoms with van der Waals surface area (Å²) in [6.07, 6.45) is 0. The summed E-state index contributed by atoms with van der Waals surface area (Å²) < 4.78 is 10.1. The van der Waals surface area contributed by atoms with Gasteiger partial charge >= 0.3 is 17.9 Å². The molecule has 1 aromatic carbocycles. The average Bonchev–Trinajstić information content (AvgIpc) is 2.98. The fraction of sp³-hybridized carbons (Fsp3) is 0.263. The monoisotopic (exact) mass is 436 g/mol. The van der Waals surface area contributed by atoms with Gasteiger partial charge in [-0.05, 0) is 62.8 Å². The second-order valence-corrected chi connectivity index (χ2v) is 7.09. The lowest BCUT2D eigenvalue weighted by atomic mass is 10.1. The van der Waals surface area contributed by atoms with E-state index in [-0.39, 0.29) is 34.3 Å². The van der Waals surface area contributed by atoms with Gasteiger partial charge in [-0.1, -0.05) is 0 Å². The largest absolute Gasteiger partial charge is 0.478 e. The Morgan fingerprint density at radius 1 is 1.03 bits per heavy atom. The smallest absolute Gasteiger partial charge is 0.348 e. The van der Waals surface area contributed by atoms with Gasteiger partial charge in [0.1, 0.15) is 9.88 Å². The van der Waals surface area contributed by atoms with E-state index in [9.17, 15) is 14.4 Å². The number of carboxylic acids is 1. The third-order valence-electron chi connectivity index (χ3n) is 3.70. The molecule has 0 atom stereocenters. The van der Waals surface area contributed by atoms with E-state index >= 15 is 0 Å². The highest BCUT2D eigenvalue weighted by molar-refractivity contribution is 7.80. The maximum absolute atomic E-state index is 12.4. The van der Waals surface area contributed by atoms with E-state index in [0.29, 0.717) is 16.3 Å². The number of esters is 2. The third kappa shape index (κ3) is 5.52. The SMILES string of the molecule is CCOC(=O)c1sc(NC(=S)Nc2ccc(C(=O)O)cc2)c(C(=O)OCC)c1C. The number of hydrogen-bond acceptors (Lipinski definition) is 7. The number of thiophene rings is 1. The fourth-order valence-electron chi connectivity index (χ4n) is 2.40. The number of aromatic carboxylic acids is 1. The van der Waals surface area contributed by atoms with Crippen LogP contribution in [0.2, 0.25) is 0 Å². The Morgan fingerprint density at radius 2 is 1.62 bits per heavy atom. The first-order valence-electron chi connectivity index (χ1n) is 8.67. The molecule has 1 aromatic heterocycles. The van der Waals surface area contributed by atoms with Gasteiger partial charge in [0.2, 0.25) is 0 Å². The third-order valence-corrected chi connectivity index (χ3v) is 5.10. The molecule has 3 N–H and O–H groups in total. The summed E-state index contributed by atoms with van der Waals surface area (Å²) in [7, 11) is 0. The number of hydrogen-bond donors (Lipinski definition) is 3. The van der Waals surface area contributed by atoms with E-state index in [0.717, 1.165) is 11.3 Å². The van der Waals surface area contributed by atoms with Crippen molar-refractivity contribution >= 4 is 57.3 Å². The van der Waals surface area contributed by atoms with Crippen LogP contribution in [0.5, 0.6) is 0 Å². The van der Waals surface area contributed by atoms with Crippen LogP contribution in [-0.2, 0) is 9.47 Å². The van der Waals surface area contributed by atoms with E-state index < -0.39 is 17.9 Å². The van der Waals surface area contributed by atoms with Crippen LogP contribution in [0.15, 0.2) is 24.3 Å². The van der Waals surface area contributed by atoms with Crippen molar-refractivity contribution in [3.63, 3.8) is 0 Å². The molecule has 8 nitrogen and oxygen atoms in total. The summed E-state index contributed by atoms with van der Waals surface area (Å²) in [5, 5.41) is 15.3. The van der Waals surface area contributed by atoms with Gasteiger partial charge in [0.15, 0.2) is 5.11 Å². The van der Waals surface area contributed by atoms with Crippen molar-refractivity contribution in [1.82, 2.24) is 0 Å². The Bertz CT molecular complexity index is 937. The van der Waals surface area contributed by atoms with Crippen LogP contribution in [0, 0.1) is 6.92 Å². The minimum atomic E-state index is -1.03. The molecule has 0 saturated heterocycles. The molecule has 0 radical (unpaired) electrons. The number of benzene rings is 1. The van der Waals surface area contributed by atoms with Crippen LogP contribution in [0.3, 0.4) is 0 Å². The molecule has 0 aliphatic heterocycles. The zero-order valence-corrected chi connectivity index (χ0v) is 17.7. The van der Waals surface area contributed by atoms with Crippen molar-refractivity contribution in [3.05, 3.63) is 45.8 Å². The van der Waals surface area contributed by atoms with Crippen molar-refractivity contribution in [1.29, 1.82) is 0 Å². The Morgan fingerprint density at radius 3 is 2.17 bits per heavy atom. The summed E-state index contributed by atoms with van der Waals surface area (Å²) in [6.45, 7) is 5.41. The highest BCUT2D eigenvalue weighted by Gasteiger charge is 2.26. The number of anilines is 2. The molecular formula is C19H20N2O6S2. The topological polar surface area (TPSA) is 114 Å². The first-order chi connectivity index (χ1) is 13.8. The number of carboxylic acid groups (broad SMARTS) is 1. The van der Waals surface area contributed by atoms with Crippen molar-refractivity contribution in [2.75, 3.05) is 23.8 Å². The Hall–Kier alpha value is -2.98. The highest BCUT2D eigenvalue weighted by Crippen LogP contribution is 2.34. The van der Waals surface area contributed by atoms with E-state index in [1.54, 1.807) is 32.9 Å². The Kier molecular flexibility index (Phi) is 7.68. The van der Waals surface area contributed by atoms with Crippen molar-refractivity contribution < 1.29 is 29.0 Å². The first kappa shape index (κ1) is 22.3. The van der Waals surface area contributed by atoms with Gasteiger partial charge in [-0.2, -0.15) is 0 Å². The highest BCUT2D eigenvalue weighted by atomic mass is 32.1. The van der Waals surface area contributed by atoms with Gasteiger partial charge in [0.05, 0.1) is 24.3 Å². The summed E-state index contributed by atoms with van der Waals surface area (Å²) in [5.74, 6) is -2.14. The van der Waals surface area contributed by atoms with Crippen LogP contribution in [0.1, 0.15) is 49.8 Å². The predicted octanol–water partition coefficient (Wildman–Crippen LogP) is 3.92. The van der Waals surface area contributed by atoms with Crippen molar-refractivity contribution in [2.24, 2.45) is 0 Å². The normalized spacial score (nSPS) is 10.2. The van der Waals surface area contributed by atoms with Crippen LogP contribution in [0.4, 0.5) is 10.7 Å². The second-order valence-electron chi connectivity index (χ2n) is 5.66. The lowest BCUT2D eigenvalue weighted by molar-refractivity contribution is 0.0526. The number of ether oxygens (including phenoxy) is 2. The molecule has 0 spiro atoms. The lowest BCUT2D eigenvalue weighted by Crippen LogP contribution is -2.20. The van der Waals surface area contributed by atoms with E-state index in [2.05, 4.69) is 10.6 Å². The van der Waals surface area contributed by atoms with Gasteiger partial charge in [-0.25, -0.2) is 14.4 Å². The molecule has 29 heavy (non-hydrogen) atoms. The average molecular weight is 437 g/mol. The molecule has 0 unspecified atom stereocenters. The fourth-order valence-corrected chi connectivity index (χ4v) is 3.78. The summed E-state index contributed by atoms with van der Waals surface area (Å²) >= 11 is 6.32. The first-order valence-corrected chi connectivity index (χ1v) is 9.89. The number of nitrogens with one attached hydrogen (secondary N) is 2. The van der Waals surface area contributed by atoms with Crippen LogP contribution in [0.25, 0.3) is 0 Å². The molecule has 2 aromatic rings. The molecule has 10 heteroatoms. The van der Waals surface area contributed by atoms with Crippen molar-refractivity contribution in [3.8, 4) is 0 Å². The standard InChI is InChI=1S/C19H20N2O6S2/c1-4-26-17(24)13-10(3)14(18(25)27-5-2)29-15(13)21-19(28)20-12-8-6-11(7-9-12)16(22)23/h6-9H,4-5H2,1-3H3,(H,22,23)(H2,20,21,28). The number of carbonyl (C=O) groups excluding carboxylic acids is 2. The predicted molar refractivity (Wildman–Crippen MR) is 114 cm³/mol. The van der Waals surface area contributed by atoms with Gasteiger partial charge in [0, 0.05) is 5.69 Å². The number of carbonyl (C=O) groups is 3. The zero-order chi connectivity index (χ0) is 21.6. The molecular weight excluding hydrogens is 416 g/mol. The van der Waals surface area contributed by atoms with E-state index in [1.807, 2.05) is 0 Å². The molecule has 2 rings (SSSR count). The number of thiocarbonyl (C=S) groups is 1. The van der Waals surface area contributed by atoms with Gasteiger partial charge in [-0.15, -0.1) is 11.3 Å².